The van der Waals surface area contributed by atoms with E-state index in [1.54, 1.807) is 12.1 Å². The highest BCUT2D eigenvalue weighted by Gasteiger charge is 2.09. The highest BCUT2D eigenvalue weighted by atomic mass is 79.9. The van der Waals surface area contributed by atoms with E-state index in [9.17, 15) is 4.39 Å². The van der Waals surface area contributed by atoms with E-state index in [0.717, 1.165) is 10.0 Å². The van der Waals surface area contributed by atoms with Crippen molar-refractivity contribution in [3.8, 4) is 11.1 Å². The van der Waals surface area contributed by atoms with Crippen LogP contribution in [0.4, 0.5) is 4.39 Å². The largest absolute Gasteiger partial charge is 0.205 e. The molecule has 0 spiro atoms. The normalized spacial score (nSPS) is 10.3. The number of benzene rings is 2. The van der Waals surface area contributed by atoms with E-state index in [1.807, 2.05) is 30.3 Å². The summed E-state index contributed by atoms with van der Waals surface area (Å²) in [5, 5.41) is 0. The van der Waals surface area contributed by atoms with Crippen molar-refractivity contribution in [3.05, 3.63) is 57.2 Å². The lowest BCUT2D eigenvalue weighted by atomic mass is 10.1. The van der Waals surface area contributed by atoms with Gasteiger partial charge in [0.2, 0.25) is 0 Å². The van der Waals surface area contributed by atoms with E-state index in [0.29, 0.717) is 10.0 Å². The van der Waals surface area contributed by atoms with Gasteiger partial charge in [-0.25, -0.2) is 4.39 Å². The zero-order chi connectivity index (χ0) is 10.8. The molecule has 2 aromatic carbocycles. The van der Waals surface area contributed by atoms with Gasteiger partial charge in [-0.1, -0.05) is 46.3 Å². The summed E-state index contributed by atoms with van der Waals surface area (Å²) >= 11 is 6.54. The Balaban J connectivity index is 2.63. The minimum Gasteiger partial charge on any atom is -0.205 e. The summed E-state index contributed by atoms with van der Waals surface area (Å²) in [6.07, 6.45) is 0. The van der Waals surface area contributed by atoms with Gasteiger partial charge in [0.15, 0.2) is 0 Å². The lowest BCUT2D eigenvalue weighted by Crippen LogP contribution is -1.86. The van der Waals surface area contributed by atoms with Crippen molar-refractivity contribution in [3.63, 3.8) is 0 Å². The van der Waals surface area contributed by atoms with Crippen molar-refractivity contribution in [2.45, 2.75) is 0 Å². The van der Waals surface area contributed by atoms with Gasteiger partial charge >= 0.3 is 0 Å². The first kappa shape index (κ1) is 10.8. The fraction of sp³-hybridized carbons (Fsp3) is 0. The lowest BCUT2D eigenvalue weighted by molar-refractivity contribution is 0.624. The fourth-order valence-corrected chi connectivity index (χ4v) is 2.61. The van der Waals surface area contributed by atoms with Crippen molar-refractivity contribution < 1.29 is 4.39 Å². The molecule has 0 fully saturated rings. The van der Waals surface area contributed by atoms with Crippen LogP contribution in [0.15, 0.2) is 51.4 Å². The average Bonchev–Trinajstić information content (AvgIpc) is 2.24. The molecule has 0 aliphatic carbocycles. The maximum Gasteiger partial charge on any atom is 0.145 e. The molecule has 0 nitrogen and oxygen atoms in total. The first-order valence-electron chi connectivity index (χ1n) is 4.38. The molecule has 0 amide bonds. The molecule has 0 aliphatic heterocycles. The maximum absolute atomic E-state index is 13.8. The molecule has 0 heterocycles. The highest BCUT2D eigenvalue weighted by Crippen LogP contribution is 2.31. The summed E-state index contributed by atoms with van der Waals surface area (Å²) in [5.41, 5.74) is 1.47. The van der Waals surface area contributed by atoms with Crippen molar-refractivity contribution >= 4 is 31.9 Å². The third-order valence-electron chi connectivity index (χ3n) is 2.08. The van der Waals surface area contributed by atoms with Gasteiger partial charge in [0.1, 0.15) is 5.82 Å². The average molecular weight is 330 g/mol. The van der Waals surface area contributed by atoms with Crippen LogP contribution in [0, 0.1) is 5.82 Å². The van der Waals surface area contributed by atoms with Crippen LogP contribution in [0.5, 0.6) is 0 Å². The maximum atomic E-state index is 13.8. The standard InChI is InChI=1S/C12H7Br2F/c13-9-6-10(12(15)11(14)7-9)8-4-2-1-3-5-8/h1-7H. The third kappa shape index (κ3) is 2.29. The molecule has 76 valence electrons. The smallest absolute Gasteiger partial charge is 0.145 e. The first-order chi connectivity index (χ1) is 7.18. The summed E-state index contributed by atoms with van der Waals surface area (Å²) in [4.78, 5) is 0. The molecule has 0 atom stereocenters. The SMILES string of the molecule is Fc1c(Br)cc(Br)cc1-c1ccccc1. The monoisotopic (exact) mass is 328 g/mol. The molecule has 0 aliphatic rings. The van der Waals surface area contributed by atoms with Crippen molar-refractivity contribution in [1.82, 2.24) is 0 Å². The second-order valence-corrected chi connectivity index (χ2v) is 4.89. The summed E-state index contributed by atoms with van der Waals surface area (Å²) in [6.45, 7) is 0. The summed E-state index contributed by atoms with van der Waals surface area (Å²) in [5.74, 6) is -0.232. The van der Waals surface area contributed by atoms with Crippen molar-refractivity contribution in [2.24, 2.45) is 0 Å². The Hall–Kier alpha value is -0.670. The van der Waals surface area contributed by atoms with Crippen molar-refractivity contribution in [1.29, 1.82) is 0 Å². The van der Waals surface area contributed by atoms with Gasteiger partial charge in [-0.2, -0.15) is 0 Å². The van der Waals surface area contributed by atoms with Crippen LogP contribution < -0.4 is 0 Å². The van der Waals surface area contributed by atoms with Gasteiger partial charge in [0.05, 0.1) is 4.47 Å². The van der Waals surface area contributed by atoms with Gasteiger partial charge < -0.3 is 0 Å². The van der Waals surface area contributed by atoms with Crippen LogP contribution in [0.2, 0.25) is 0 Å². The van der Waals surface area contributed by atoms with Crippen molar-refractivity contribution in [2.75, 3.05) is 0 Å². The van der Waals surface area contributed by atoms with Gasteiger partial charge in [0, 0.05) is 10.0 Å². The molecule has 0 radical (unpaired) electrons. The Kier molecular flexibility index (Phi) is 3.22. The molecular formula is C12H7Br2F. The van der Waals surface area contributed by atoms with Crippen LogP contribution >= 0.6 is 31.9 Å². The van der Waals surface area contributed by atoms with E-state index in [2.05, 4.69) is 31.9 Å². The predicted octanol–water partition coefficient (Wildman–Crippen LogP) is 5.02. The zero-order valence-corrected chi connectivity index (χ0v) is 10.8. The van der Waals surface area contributed by atoms with E-state index >= 15 is 0 Å². The molecule has 0 saturated heterocycles. The summed E-state index contributed by atoms with van der Waals surface area (Å²) in [7, 11) is 0. The minimum atomic E-state index is -0.232. The summed E-state index contributed by atoms with van der Waals surface area (Å²) in [6, 6.07) is 12.9. The number of halogens is 3. The summed E-state index contributed by atoms with van der Waals surface area (Å²) < 4.78 is 15.1. The van der Waals surface area contributed by atoms with E-state index in [-0.39, 0.29) is 5.82 Å². The van der Waals surface area contributed by atoms with E-state index in [4.69, 9.17) is 0 Å². The highest BCUT2D eigenvalue weighted by molar-refractivity contribution is 9.11. The molecule has 0 saturated carbocycles. The number of rotatable bonds is 1. The van der Waals surface area contributed by atoms with Crippen LogP contribution in [0.1, 0.15) is 0 Å². The van der Waals surface area contributed by atoms with Gasteiger partial charge in [0.25, 0.3) is 0 Å². The molecule has 2 aromatic rings. The topological polar surface area (TPSA) is 0 Å². The van der Waals surface area contributed by atoms with Gasteiger partial charge in [-0.05, 0) is 33.6 Å². The predicted molar refractivity (Wildman–Crippen MR) is 67.2 cm³/mol. The molecule has 0 N–H and O–H groups in total. The van der Waals surface area contributed by atoms with E-state index < -0.39 is 0 Å². The van der Waals surface area contributed by atoms with Crippen LogP contribution in [-0.2, 0) is 0 Å². The third-order valence-corrected chi connectivity index (χ3v) is 3.11. The van der Waals surface area contributed by atoms with Gasteiger partial charge in [-0.3, -0.25) is 0 Å². The molecule has 15 heavy (non-hydrogen) atoms. The second-order valence-electron chi connectivity index (χ2n) is 3.12. The molecule has 0 bridgehead atoms. The molecule has 0 aromatic heterocycles. The Morgan fingerprint density at radius 1 is 0.933 bits per heavy atom. The Labute approximate surface area is 104 Å². The van der Waals surface area contributed by atoms with Crippen LogP contribution in [0.25, 0.3) is 11.1 Å². The Morgan fingerprint density at radius 2 is 1.60 bits per heavy atom. The molecule has 2 rings (SSSR count). The minimum absolute atomic E-state index is 0.232. The van der Waals surface area contributed by atoms with E-state index in [1.165, 1.54) is 0 Å². The quantitative estimate of drug-likeness (QED) is 0.644. The lowest BCUT2D eigenvalue weighted by Gasteiger charge is -2.05. The molecule has 0 unspecified atom stereocenters. The zero-order valence-electron chi connectivity index (χ0n) is 7.68. The fourth-order valence-electron chi connectivity index (χ4n) is 1.38. The Bertz CT molecular complexity index is 480. The molecular weight excluding hydrogens is 323 g/mol. The van der Waals surface area contributed by atoms with Crippen LogP contribution in [0.3, 0.4) is 0 Å². The number of hydrogen-bond acceptors (Lipinski definition) is 0. The molecule has 3 heteroatoms. The Morgan fingerprint density at radius 3 is 2.27 bits per heavy atom. The number of hydrogen-bond donors (Lipinski definition) is 0. The van der Waals surface area contributed by atoms with Gasteiger partial charge in [-0.15, -0.1) is 0 Å². The first-order valence-corrected chi connectivity index (χ1v) is 5.97. The van der Waals surface area contributed by atoms with Crippen LogP contribution in [-0.4, -0.2) is 0 Å². The second kappa shape index (κ2) is 4.45.